The van der Waals surface area contributed by atoms with E-state index in [2.05, 4.69) is 10.3 Å². The van der Waals surface area contributed by atoms with E-state index in [-0.39, 0.29) is 21.6 Å². The van der Waals surface area contributed by atoms with Crippen LogP contribution in [0.4, 0.5) is 14.6 Å². The van der Waals surface area contributed by atoms with Crippen molar-refractivity contribution in [3.63, 3.8) is 0 Å². The molecule has 2 aliphatic heterocycles. The van der Waals surface area contributed by atoms with Crippen LogP contribution in [-0.2, 0) is 16.6 Å². The van der Waals surface area contributed by atoms with Gasteiger partial charge in [-0.1, -0.05) is 0 Å². The number of hydrogen-bond donors (Lipinski definition) is 1. The quantitative estimate of drug-likeness (QED) is 0.283. The van der Waals surface area contributed by atoms with Gasteiger partial charge < -0.3 is 19.5 Å². The van der Waals surface area contributed by atoms with Gasteiger partial charge in [0.05, 0.1) is 24.8 Å². The molecule has 0 radical (unpaired) electrons. The fraction of sp³-hybridized carbons (Fsp3) is 0.516. The molecule has 1 N–H and O–H groups in total. The van der Waals surface area contributed by atoms with Crippen molar-refractivity contribution in [2.45, 2.75) is 64.1 Å². The van der Waals surface area contributed by atoms with Gasteiger partial charge in [0.2, 0.25) is 10.0 Å². The number of hydrogen-bond acceptors (Lipinski definition) is 7. The van der Waals surface area contributed by atoms with Gasteiger partial charge in [0.25, 0.3) is 5.91 Å². The molecule has 1 saturated carbocycles. The number of sulfonamides is 1. The maximum atomic E-state index is 13.8. The summed E-state index contributed by atoms with van der Waals surface area (Å²) in [7, 11) is -2.70. The van der Waals surface area contributed by atoms with Gasteiger partial charge in [-0.2, -0.15) is 13.1 Å². The summed E-state index contributed by atoms with van der Waals surface area (Å²) < 4.78 is 61.7. The summed E-state index contributed by atoms with van der Waals surface area (Å²) >= 11 is 0. The number of likely N-dealkylation sites (tertiary alicyclic amines) is 1. The Bertz CT molecular complexity index is 1900. The van der Waals surface area contributed by atoms with Crippen LogP contribution in [0.5, 0.6) is 5.88 Å². The first-order valence-electron chi connectivity index (χ1n) is 15.4. The standard InChI is InChI=1S/C31H37F2N7O4S/c1-19-27(23-15-21-7-8-24(40(30(32)33)45(3,42)43)36-28(21)38(23)18-20-5-6-20)35-25-16-22(17-26(44-2)39(19)25)29(41)37-13-10-31(11-14-37)9-4-12-34-31/h7-8,15-17,20,30,34H,4-6,9-14,18H2,1-3H3. The largest absolute Gasteiger partial charge is 0.482 e. The van der Waals surface area contributed by atoms with E-state index < -0.39 is 16.6 Å². The second kappa shape index (κ2) is 10.9. The Kier molecular flexibility index (Phi) is 7.27. The minimum absolute atomic E-state index is 0.0343. The van der Waals surface area contributed by atoms with Crippen LogP contribution in [0.1, 0.15) is 54.6 Å². The lowest BCUT2D eigenvalue weighted by molar-refractivity contribution is 0.0656. The van der Waals surface area contributed by atoms with E-state index in [0.29, 0.717) is 59.4 Å². The molecule has 0 unspecified atom stereocenters. The number of alkyl halides is 2. The Hall–Kier alpha value is -3.78. The van der Waals surface area contributed by atoms with Crippen LogP contribution < -0.4 is 14.4 Å². The molecule has 0 atom stereocenters. The van der Waals surface area contributed by atoms with E-state index in [1.807, 2.05) is 26.9 Å². The zero-order valence-corrected chi connectivity index (χ0v) is 26.4. The van der Waals surface area contributed by atoms with Crippen molar-refractivity contribution in [2.24, 2.45) is 5.92 Å². The van der Waals surface area contributed by atoms with Crippen LogP contribution in [0, 0.1) is 12.8 Å². The van der Waals surface area contributed by atoms with E-state index in [1.54, 1.807) is 25.3 Å². The summed E-state index contributed by atoms with van der Waals surface area (Å²) in [4.78, 5) is 25.0. The Morgan fingerprint density at radius 3 is 2.53 bits per heavy atom. The summed E-state index contributed by atoms with van der Waals surface area (Å²) in [6.07, 6.45) is 7.00. The molecule has 4 aromatic heterocycles. The van der Waals surface area contributed by atoms with Crippen molar-refractivity contribution in [1.82, 2.24) is 29.2 Å². The van der Waals surface area contributed by atoms with Crippen molar-refractivity contribution < 1.29 is 26.7 Å². The fourth-order valence-corrected chi connectivity index (χ4v) is 7.73. The number of aromatic nitrogens is 4. The maximum Gasteiger partial charge on any atom is 0.329 e. The topological polar surface area (TPSA) is 114 Å². The van der Waals surface area contributed by atoms with Gasteiger partial charge in [-0.25, -0.2) is 18.4 Å². The summed E-state index contributed by atoms with van der Waals surface area (Å²) in [5.41, 5.74) is 3.76. The van der Waals surface area contributed by atoms with E-state index in [1.165, 1.54) is 12.5 Å². The number of amides is 1. The number of pyridine rings is 2. The zero-order chi connectivity index (χ0) is 31.7. The molecule has 7 rings (SSSR count). The first kappa shape index (κ1) is 29.9. The number of methoxy groups -OCH3 is 1. The van der Waals surface area contributed by atoms with E-state index in [9.17, 15) is 22.0 Å². The third-order valence-electron chi connectivity index (χ3n) is 9.58. The highest BCUT2D eigenvalue weighted by Gasteiger charge is 2.38. The molecule has 1 amide bonds. The lowest BCUT2D eigenvalue weighted by atomic mass is 9.86. The molecule has 14 heteroatoms. The number of piperidine rings is 1. The lowest BCUT2D eigenvalue weighted by Gasteiger charge is -2.39. The molecule has 2 saturated heterocycles. The molecule has 240 valence electrons. The minimum Gasteiger partial charge on any atom is -0.482 e. The molecule has 45 heavy (non-hydrogen) atoms. The Labute approximate surface area is 260 Å². The number of nitrogens with zero attached hydrogens (tertiary/aromatic N) is 6. The van der Waals surface area contributed by atoms with Gasteiger partial charge >= 0.3 is 6.55 Å². The van der Waals surface area contributed by atoms with Crippen LogP contribution in [0.15, 0.2) is 30.3 Å². The number of aryl methyl sites for hydroxylation is 1. The van der Waals surface area contributed by atoms with Crippen LogP contribution in [0.3, 0.4) is 0 Å². The number of rotatable bonds is 8. The second-order valence-corrected chi connectivity index (χ2v) is 14.5. The monoisotopic (exact) mass is 641 g/mol. The molecule has 4 aromatic rings. The molecule has 0 aromatic carbocycles. The number of fused-ring (bicyclic) bond motifs is 2. The normalized spacial score (nSPS) is 18.5. The second-order valence-electron chi connectivity index (χ2n) is 12.6. The highest BCUT2D eigenvalue weighted by Crippen LogP contribution is 2.38. The minimum atomic E-state index is -4.26. The average molecular weight is 642 g/mol. The van der Waals surface area contributed by atoms with Crippen LogP contribution >= 0.6 is 0 Å². The maximum absolute atomic E-state index is 13.8. The smallest absolute Gasteiger partial charge is 0.329 e. The third-order valence-corrected chi connectivity index (χ3v) is 10.6. The molecular weight excluding hydrogens is 604 g/mol. The van der Waals surface area contributed by atoms with Crippen molar-refractivity contribution in [3.8, 4) is 17.3 Å². The fourth-order valence-electron chi connectivity index (χ4n) is 7.00. The molecule has 6 heterocycles. The number of anilines is 1. The van der Waals surface area contributed by atoms with Gasteiger partial charge in [-0.3, -0.25) is 9.20 Å². The van der Waals surface area contributed by atoms with Crippen LogP contribution in [0.2, 0.25) is 0 Å². The van der Waals surface area contributed by atoms with Crippen LogP contribution in [-0.4, -0.2) is 83.2 Å². The lowest BCUT2D eigenvalue weighted by Crippen LogP contribution is -2.51. The summed E-state index contributed by atoms with van der Waals surface area (Å²) in [6, 6.07) is 8.34. The Morgan fingerprint density at radius 1 is 1.16 bits per heavy atom. The van der Waals surface area contributed by atoms with Crippen LogP contribution in [0.25, 0.3) is 28.1 Å². The zero-order valence-electron chi connectivity index (χ0n) is 25.6. The SMILES string of the molecule is COc1cc(C(=O)N2CCC3(CCCN3)CC2)cc2nc(-c3cc4ccc(N(C(F)F)S(C)(=O)=O)nc4n3CC3CC3)c(C)n12. The summed E-state index contributed by atoms with van der Waals surface area (Å²) in [5, 5.41) is 4.32. The molecule has 11 nitrogen and oxygen atoms in total. The first-order chi connectivity index (χ1) is 21.5. The van der Waals surface area contributed by atoms with Gasteiger partial charge in [0.1, 0.15) is 22.8 Å². The Morgan fingerprint density at radius 2 is 1.91 bits per heavy atom. The highest BCUT2D eigenvalue weighted by atomic mass is 32.2. The summed E-state index contributed by atoms with van der Waals surface area (Å²) in [6.45, 7) is 1.65. The Balaban J connectivity index is 1.29. The molecule has 0 bridgehead atoms. The van der Waals surface area contributed by atoms with E-state index in [0.717, 1.165) is 56.3 Å². The molecule has 3 fully saturated rings. The number of halogens is 2. The van der Waals surface area contributed by atoms with E-state index in [4.69, 9.17) is 9.72 Å². The number of imidazole rings is 1. The third kappa shape index (κ3) is 5.31. The van der Waals surface area contributed by atoms with Crippen molar-refractivity contribution in [2.75, 3.05) is 37.3 Å². The van der Waals surface area contributed by atoms with Crippen molar-refractivity contribution in [3.05, 3.63) is 41.6 Å². The van der Waals surface area contributed by atoms with Gasteiger partial charge in [-0.05, 0) is 82.2 Å². The van der Waals surface area contributed by atoms with Gasteiger partial charge in [0, 0.05) is 42.2 Å². The highest BCUT2D eigenvalue weighted by molar-refractivity contribution is 7.92. The van der Waals surface area contributed by atoms with Gasteiger partial charge in [0.15, 0.2) is 5.88 Å². The molecule has 1 spiro atoms. The van der Waals surface area contributed by atoms with E-state index >= 15 is 0 Å². The number of ether oxygens (including phenoxy) is 1. The predicted molar refractivity (Wildman–Crippen MR) is 166 cm³/mol. The summed E-state index contributed by atoms with van der Waals surface area (Å²) in [5.74, 6) is 0.472. The molecule has 1 aliphatic carbocycles. The molecular formula is C31H37F2N7O4S. The number of nitrogens with one attached hydrogen (secondary N) is 1. The molecule has 3 aliphatic rings. The number of carbonyl (C=O) groups excluding carboxylic acids is 1. The first-order valence-corrected chi connectivity index (χ1v) is 17.2. The van der Waals surface area contributed by atoms with Gasteiger partial charge in [-0.15, -0.1) is 0 Å². The van der Waals surface area contributed by atoms with Crippen molar-refractivity contribution in [1.29, 1.82) is 0 Å². The number of carbonyl (C=O) groups is 1. The van der Waals surface area contributed by atoms with Crippen molar-refractivity contribution >= 4 is 38.4 Å². The predicted octanol–water partition coefficient (Wildman–Crippen LogP) is 4.42. The average Bonchev–Trinajstić information content (AvgIpc) is 3.45.